The standard InChI is InChI=1S/C11H11F3O4S.C10H12O2/c1-2-7-6-8-9(17-7)4-3-5-10(8)18-19(15,16)11(12,13)14;1-2-7-6-8-9(11)4-3-5-10(8)12-7/h3-5,7H,2,6H2,1H3;3-5,7,11H,2,6H2,1H3. The zero-order chi connectivity index (χ0) is 22.8. The molecule has 0 aromatic heterocycles. The van der Waals surface area contributed by atoms with Gasteiger partial charge in [-0.2, -0.15) is 21.6 Å². The first kappa shape index (κ1) is 23.1. The summed E-state index contributed by atoms with van der Waals surface area (Å²) in [6, 6.07) is 9.57. The van der Waals surface area contributed by atoms with Crippen LogP contribution < -0.4 is 13.7 Å². The highest BCUT2D eigenvalue weighted by atomic mass is 32.2. The monoisotopic (exact) mass is 460 g/mol. The van der Waals surface area contributed by atoms with Gasteiger partial charge >= 0.3 is 15.6 Å². The first-order valence-corrected chi connectivity index (χ1v) is 11.2. The van der Waals surface area contributed by atoms with Gasteiger partial charge in [0.05, 0.1) is 0 Å². The number of ether oxygens (including phenoxy) is 2. The van der Waals surface area contributed by atoms with Gasteiger partial charge in [0, 0.05) is 24.0 Å². The minimum absolute atomic E-state index is 0.173. The molecule has 31 heavy (non-hydrogen) atoms. The molecule has 10 heteroatoms. The Morgan fingerprint density at radius 3 is 2.00 bits per heavy atom. The molecule has 2 aromatic rings. The summed E-state index contributed by atoms with van der Waals surface area (Å²) in [5.41, 5.74) is -4.13. The Morgan fingerprint density at radius 2 is 1.48 bits per heavy atom. The number of alkyl halides is 3. The zero-order valence-corrected chi connectivity index (χ0v) is 17.8. The largest absolute Gasteiger partial charge is 0.534 e. The SMILES string of the molecule is CCC1Cc2c(O)cccc2O1.CCC1Cc2c(cccc2OS(=O)(=O)C(F)(F)F)O1. The fraction of sp³-hybridized carbons (Fsp3) is 0.429. The third-order valence-electron chi connectivity index (χ3n) is 5.04. The Morgan fingerprint density at radius 1 is 0.968 bits per heavy atom. The molecule has 2 aromatic carbocycles. The topological polar surface area (TPSA) is 82.1 Å². The van der Waals surface area contributed by atoms with Gasteiger partial charge in [0.1, 0.15) is 35.2 Å². The highest BCUT2D eigenvalue weighted by molar-refractivity contribution is 7.88. The van der Waals surface area contributed by atoms with Crippen molar-refractivity contribution in [1.82, 2.24) is 0 Å². The van der Waals surface area contributed by atoms with Crippen molar-refractivity contribution < 1.29 is 40.4 Å². The zero-order valence-electron chi connectivity index (χ0n) is 17.0. The molecule has 0 saturated carbocycles. The molecule has 0 fully saturated rings. The molecule has 4 rings (SSSR count). The molecule has 2 heterocycles. The molecule has 6 nitrogen and oxygen atoms in total. The number of fused-ring (bicyclic) bond motifs is 2. The van der Waals surface area contributed by atoms with Crippen molar-refractivity contribution in [1.29, 1.82) is 0 Å². The summed E-state index contributed by atoms with van der Waals surface area (Å²) in [7, 11) is -5.65. The number of hydrogen-bond acceptors (Lipinski definition) is 6. The van der Waals surface area contributed by atoms with Gasteiger partial charge in [0.25, 0.3) is 0 Å². The lowest BCUT2D eigenvalue weighted by molar-refractivity contribution is -0.0500. The molecule has 0 aliphatic carbocycles. The van der Waals surface area contributed by atoms with Crippen molar-refractivity contribution >= 4 is 10.1 Å². The van der Waals surface area contributed by atoms with Crippen LogP contribution in [0.1, 0.15) is 37.8 Å². The molecule has 1 N–H and O–H groups in total. The Labute approximate surface area is 178 Å². The average molecular weight is 460 g/mol. The summed E-state index contributed by atoms with van der Waals surface area (Å²) < 4.78 is 74.0. The summed E-state index contributed by atoms with van der Waals surface area (Å²) in [5.74, 6) is 1.25. The Bertz CT molecular complexity index is 1040. The minimum atomic E-state index is -5.65. The van der Waals surface area contributed by atoms with Gasteiger partial charge in [-0.1, -0.05) is 26.0 Å². The van der Waals surface area contributed by atoms with Gasteiger partial charge in [0.2, 0.25) is 0 Å². The molecule has 0 bridgehead atoms. The summed E-state index contributed by atoms with van der Waals surface area (Å²) in [6.45, 7) is 3.96. The van der Waals surface area contributed by atoms with Gasteiger partial charge in [-0.3, -0.25) is 0 Å². The number of benzene rings is 2. The number of phenolic OH excluding ortho intramolecular Hbond substituents is 1. The van der Waals surface area contributed by atoms with Crippen LogP contribution in [0, 0.1) is 0 Å². The Balaban J connectivity index is 0.000000194. The molecule has 0 saturated heterocycles. The smallest absolute Gasteiger partial charge is 0.508 e. The number of hydrogen-bond donors (Lipinski definition) is 1. The van der Waals surface area contributed by atoms with Crippen molar-refractivity contribution in [2.45, 2.75) is 57.2 Å². The van der Waals surface area contributed by atoms with E-state index in [1.54, 1.807) is 12.1 Å². The first-order chi connectivity index (χ1) is 14.6. The van der Waals surface area contributed by atoms with Gasteiger partial charge in [-0.25, -0.2) is 0 Å². The molecule has 2 unspecified atom stereocenters. The second-order valence-corrected chi connectivity index (χ2v) is 8.71. The van der Waals surface area contributed by atoms with E-state index in [-0.39, 0.29) is 18.0 Å². The van der Waals surface area contributed by atoms with E-state index < -0.39 is 15.6 Å². The normalized spacial score (nSPS) is 19.4. The second-order valence-electron chi connectivity index (χ2n) is 7.17. The quantitative estimate of drug-likeness (QED) is 0.525. The highest BCUT2D eigenvalue weighted by Gasteiger charge is 2.49. The van der Waals surface area contributed by atoms with Gasteiger partial charge in [0.15, 0.2) is 0 Å². The van der Waals surface area contributed by atoms with E-state index in [1.165, 1.54) is 12.1 Å². The maximum Gasteiger partial charge on any atom is 0.534 e. The van der Waals surface area contributed by atoms with Crippen LogP contribution in [0.15, 0.2) is 36.4 Å². The average Bonchev–Trinajstić information content (AvgIpc) is 3.32. The van der Waals surface area contributed by atoms with Crippen molar-refractivity contribution in [3.05, 3.63) is 47.5 Å². The number of aromatic hydroxyl groups is 1. The molecule has 2 aliphatic rings. The molecular weight excluding hydrogens is 437 g/mol. The van der Waals surface area contributed by atoms with Crippen LogP contribution in [0.2, 0.25) is 0 Å². The van der Waals surface area contributed by atoms with Gasteiger partial charge < -0.3 is 18.8 Å². The van der Waals surface area contributed by atoms with Crippen LogP contribution >= 0.6 is 0 Å². The maximum absolute atomic E-state index is 12.3. The summed E-state index contributed by atoms with van der Waals surface area (Å²) in [6.07, 6.45) is 2.92. The molecule has 0 amide bonds. The van der Waals surface area contributed by atoms with Crippen LogP contribution in [-0.4, -0.2) is 31.2 Å². The third-order valence-corrected chi connectivity index (χ3v) is 6.01. The van der Waals surface area contributed by atoms with Crippen LogP contribution in [0.3, 0.4) is 0 Å². The predicted octanol–water partition coefficient (Wildman–Crippen LogP) is 4.73. The van der Waals surface area contributed by atoms with E-state index in [1.807, 2.05) is 19.1 Å². The van der Waals surface area contributed by atoms with Crippen molar-refractivity contribution in [2.24, 2.45) is 0 Å². The van der Waals surface area contributed by atoms with Crippen LogP contribution in [0.5, 0.6) is 23.0 Å². The van der Waals surface area contributed by atoms with Crippen LogP contribution in [0.4, 0.5) is 13.2 Å². The van der Waals surface area contributed by atoms with Crippen LogP contribution in [0.25, 0.3) is 0 Å². The predicted molar refractivity (Wildman–Crippen MR) is 107 cm³/mol. The molecule has 2 atom stereocenters. The molecule has 2 aliphatic heterocycles. The lowest BCUT2D eigenvalue weighted by Crippen LogP contribution is -2.28. The van der Waals surface area contributed by atoms with Crippen LogP contribution in [-0.2, 0) is 23.0 Å². The summed E-state index contributed by atoms with van der Waals surface area (Å²) >= 11 is 0. The molecule has 0 radical (unpaired) electrons. The molecule has 170 valence electrons. The highest BCUT2D eigenvalue weighted by Crippen LogP contribution is 2.39. The van der Waals surface area contributed by atoms with E-state index in [9.17, 15) is 26.7 Å². The molecule has 0 spiro atoms. The van der Waals surface area contributed by atoms with E-state index in [0.29, 0.717) is 29.9 Å². The fourth-order valence-corrected chi connectivity index (χ4v) is 3.81. The van der Waals surface area contributed by atoms with E-state index >= 15 is 0 Å². The maximum atomic E-state index is 12.3. The second kappa shape index (κ2) is 8.86. The Kier molecular flexibility index (Phi) is 6.59. The van der Waals surface area contributed by atoms with Gasteiger partial charge in [-0.05, 0) is 37.1 Å². The number of phenols is 1. The number of halogens is 3. The van der Waals surface area contributed by atoms with E-state index in [2.05, 4.69) is 11.1 Å². The van der Waals surface area contributed by atoms with E-state index in [4.69, 9.17) is 9.47 Å². The lowest BCUT2D eigenvalue weighted by Gasteiger charge is -2.11. The molecular formula is C21H23F3O6S. The van der Waals surface area contributed by atoms with Crippen molar-refractivity contribution in [3.63, 3.8) is 0 Å². The lowest BCUT2D eigenvalue weighted by atomic mass is 10.1. The fourth-order valence-electron chi connectivity index (χ4n) is 3.32. The van der Waals surface area contributed by atoms with Crippen molar-refractivity contribution in [3.8, 4) is 23.0 Å². The minimum Gasteiger partial charge on any atom is -0.508 e. The van der Waals surface area contributed by atoms with E-state index in [0.717, 1.165) is 24.2 Å². The summed E-state index contributed by atoms with van der Waals surface area (Å²) in [4.78, 5) is 0. The Hall–Kier alpha value is -2.62. The third kappa shape index (κ3) is 5.00. The first-order valence-electron chi connectivity index (χ1n) is 9.82. The van der Waals surface area contributed by atoms with Gasteiger partial charge in [-0.15, -0.1) is 0 Å². The number of rotatable bonds is 4. The van der Waals surface area contributed by atoms with Crippen molar-refractivity contribution in [2.75, 3.05) is 0 Å². The summed E-state index contributed by atoms with van der Waals surface area (Å²) in [5, 5.41) is 9.46.